The molecule has 3 aromatic carbocycles. The zero-order valence-electron chi connectivity index (χ0n) is 18.5. The number of benzene rings is 3. The topological polar surface area (TPSA) is 55.8 Å². The maximum atomic E-state index is 13.6. The fourth-order valence-corrected chi connectivity index (χ4v) is 4.63. The van der Waals surface area contributed by atoms with Crippen LogP contribution in [0.3, 0.4) is 0 Å². The van der Waals surface area contributed by atoms with E-state index in [0.29, 0.717) is 36.6 Å². The van der Waals surface area contributed by atoms with Crippen LogP contribution in [0.4, 0.5) is 5.69 Å². The lowest BCUT2D eigenvalue weighted by molar-refractivity contribution is 0.0335. The Morgan fingerprint density at radius 3 is 2.58 bits per heavy atom. The maximum Gasteiger partial charge on any atom is 0.338 e. The Balaban J connectivity index is 1.69. The van der Waals surface area contributed by atoms with Gasteiger partial charge in [-0.15, -0.1) is 0 Å². The predicted molar refractivity (Wildman–Crippen MR) is 131 cm³/mol. The maximum absolute atomic E-state index is 13.6. The number of nitrogens with zero attached hydrogens (tertiary/aromatic N) is 1. The number of ether oxygens (including phenoxy) is 2. The molecule has 0 radical (unpaired) electrons. The molecule has 5 nitrogen and oxygen atoms in total. The Kier molecular flexibility index (Phi) is 7.27. The fraction of sp³-hybridized carbons (Fsp3) is 0.185. The Labute approximate surface area is 198 Å². The summed E-state index contributed by atoms with van der Waals surface area (Å²) in [4.78, 5) is 29.8. The van der Waals surface area contributed by atoms with E-state index in [1.54, 1.807) is 23.1 Å². The second kappa shape index (κ2) is 10.5. The molecule has 0 bridgehead atoms. The third-order valence-corrected chi connectivity index (χ3v) is 6.43. The van der Waals surface area contributed by atoms with E-state index in [4.69, 9.17) is 9.47 Å². The van der Waals surface area contributed by atoms with Gasteiger partial charge in [0.25, 0.3) is 5.91 Å². The average molecular weight is 460 g/mol. The summed E-state index contributed by atoms with van der Waals surface area (Å²) in [7, 11) is 0. The second-order valence-corrected chi connectivity index (χ2v) is 8.53. The van der Waals surface area contributed by atoms with E-state index in [1.807, 2.05) is 61.5 Å². The van der Waals surface area contributed by atoms with Crippen LogP contribution in [0.1, 0.15) is 38.8 Å². The zero-order chi connectivity index (χ0) is 23.2. The van der Waals surface area contributed by atoms with Crippen molar-refractivity contribution in [2.75, 3.05) is 24.7 Å². The van der Waals surface area contributed by atoms with E-state index in [9.17, 15) is 9.59 Å². The molecule has 4 rings (SSSR count). The summed E-state index contributed by atoms with van der Waals surface area (Å²) in [5.41, 5.74) is 3.72. The van der Waals surface area contributed by atoms with Crippen molar-refractivity contribution in [2.24, 2.45) is 0 Å². The van der Waals surface area contributed by atoms with Gasteiger partial charge < -0.3 is 14.4 Å². The first-order valence-corrected chi connectivity index (χ1v) is 11.6. The molecule has 0 saturated heterocycles. The first-order valence-electron chi connectivity index (χ1n) is 10.8. The average Bonchev–Trinajstić information content (AvgIpc) is 2.96. The lowest BCUT2D eigenvalue weighted by Crippen LogP contribution is -2.30. The third kappa shape index (κ3) is 5.18. The Hall–Kier alpha value is -3.35. The molecule has 33 heavy (non-hydrogen) atoms. The highest BCUT2D eigenvalue weighted by molar-refractivity contribution is 7.99. The molecule has 1 heterocycles. The lowest BCUT2D eigenvalue weighted by Gasteiger charge is -2.24. The summed E-state index contributed by atoms with van der Waals surface area (Å²) in [6, 6.07) is 20.9. The molecule has 1 amide bonds. The Morgan fingerprint density at radius 2 is 1.82 bits per heavy atom. The molecule has 0 N–H and O–H groups in total. The number of carbonyl (C=O) groups is 2. The van der Waals surface area contributed by atoms with E-state index < -0.39 is 5.97 Å². The van der Waals surface area contributed by atoms with Crippen LogP contribution in [0, 0.1) is 0 Å². The molecular weight excluding hydrogens is 434 g/mol. The molecule has 3 aromatic rings. The standard InChI is InChI=1S/C27H25NO4S/c1-3-19-9-11-20(12-10-19)18-28-23-17-21(27(30)32-16-15-31-4-2)13-14-25(23)33-24-8-6-5-7-22(24)26(28)29/h3,5-14,17H,1,4,15-16,18H2,2H3. The fourth-order valence-electron chi connectivity index (χ4n) is 3.57. The smallest absolute Gasteiger partial charge is 0.338 e. The van der Waals surface area contributed by atoms with Gasteiger partial charge in [0.05, 0.1) is 30.0 Å². The largest absolute Gasteiger partial charge is 0.460 e. The zero-order valence-corrected chi connectivity index (χ0v) is 19.3. The van der Waals surface area contributed by atoms with Crippen molar-refractivity contribution in [1.82, 2.24) is 0 Å². The SMILES string of the molecule is C=Cc1ccc(CN2C(=O)c3ccccc3Sc3ccc(C(=O)OCCOCC)cc32)cc1. The second-order valence-electron chi connectivity index (χ2n) is 7.45. The van der Waals surface area contributed by atoms with Crippen LogP contribution in [-0.4, -0.2) is 31.7 Å². The van der Waals surface area contributed by atoms with Gasteiger partial charge in [-0.05, 0) is 48.4 Å². The van der Waals surface area contributed by atoms with Crippen molar-refractivity contribution in [3.63, 3.8) is 0 Å². The molecule has 0 fully saturated rings. The quantitative estimate of drug-likeness (QED) is 0.313. The van der Waals surface area contributed by atoms with Gasteiger partial charge in [0.2, 0.25) is 0 Å². The Bertz CT molecular complexity index is 1170. The molecule has 0 spiro atoms. The van der Waals surface area contributed by atoms with Crippen LogP contribution >= 0.6 is 11.8 Å². The van der Waals surface area contributed by atoms with Gasteiger partial charge in [0.15, 0.2) is 0 Å². The van der Waals surface area contributed by atoms with Gasteiger partial charge in [-0.1, -0.05) is 60.8 Å². The number of rotatable bonds is 8. The molecule has 1 aliphatic rings. The molecule has 0 aromatic heterocycles. The summed E-state index contributed by atoms with van der Waals surface area (Å²) >= 11 is 1.52. The summed E-state index contributed by atoms with van der Waals surface area (Å²) in [5, 5.41) is 0. The molecule has 168 valence electrons. The summed E-state index contributed by atoms with van der Waals surface area (Å²) in [5.74, 6) is -0.543. The van der Waals surface area contributed by atoms with Gasteiger partial charge in [0.1, 0.15) is 6.61 Å². The molecular formula is C27H25NO4S. The number of carbonyl (C=O) groups excluding carboxylic acids is 2. The molecule has 0 aliphatic carbocycles. The minimum atomic E-state index is -0.438. The number of amides is 1. The highest BCUT2D eigenvalue weighted by Crippen LogP contribution is 2.42. The van der Waals surface area contributed by atoms with Crippen molar-refractivity contribution in [1.29, 1.82) is 0 Å². The van der Waals surface area contributed by atoms with Gasteiger partial charge in [-0.3, -0.25) is 4.79 Å². The van der Waals surface area contributed by atoms with Crippen molar-refractivity contribution < 1.29 is 19.1 Å². The third-order valence-electron chi connectivity index (χ3n) is 5.29. The lowest BCUT2D eigenvalue weighted by atomic mass is 10.1. The van der Waals surface area contributed by atoms with Gasteiger partial charge >= 0.3 is 5.97 Å². The van der Waals surface area contributed by atoms with Gasteiger partial charge in [-0.2, -0.15) is 0 Å². The molecule has 1 aliphatic heterocycles. The molecule has 6 heteroatoms. The number of fused-ring (bicyclic) bond motifs is 2. The van der Waals surface area contributed by atoms with Crippen LogP contribution in [0.5, 0.6) is 0 Å². The number of esters is 1. The number of hydrogen-bond donors (Lipinski definition) is 0. The highest BCUT2D eigenvalue weighted by Gasteiger charge is 2.28. The monoisotopic (exact) mass is 459 g/mol. The summed E-state index contributed by atoms with van der Waals surface area (Å²) < 4.78 is 10.6. The summed E-state index contributed by atoms with van der Waals surface area (Å²) in [6.45, 7) is 7.16. The first kappa shape index (κ1) is 22.8. The van der Waals surface area contributed by atoms with Crippen LogP contribution in [0.25, 0.3) is 6.08 Å². The van der Waals surface area contributed by atoms with E-state index in [0.717, 1.165) is 20.9 Å². The first-order chi connectivity index (χ1) is 16.1. The highest BCUT2D eigenvalue weighted by atomic mass is 32.2. The van der Waals surface area contributed by atoms with Crippen molar-refractivity contribution >= 4 is 35.4 Å². The number of anilines is 1. The van der Waals surface area contributed by atoms with E-state index in [-0.39, 0.29) is 12.5 Å². The normalized spacial score (nSPS) is 12.5. The molecule has 0 unspecified atom stereocenters. The van der Waals surface area contributed by atoms with E-state index in [2.05, 4.69) is 6.58 Å². The van der Waals surface area contributed by atoms with E-state index >= 15 is 0 Å². The van der Waals surface area contributed by atoms with Crippen LogP contribution in [-0.2, 0) is 16.0 Å². The van der Waals surface area contributed by atoms with Crippen LogP contribution < -0.4 is 4.90 Å². The van der Waals surface area contributed by atoms with Crippen LogP contribution in [0.15, 0.2) is 83.1 Å². The Morgan fingerprint density at radius 1 is 1.03 bits per heavy atom. The minimum Gasteiger partial charge on any atom is -0.460 e. The van der Waals surface area contributed by atoms with Crippen LogP contribution in [0.2, 0.25) is 0 Å². The van der Waals surface area contributed by atoms with Crippen molar-refractivity contribution in [3.05, 3.63) is 95.6 Å². The summed E-state index contributed by atoms with van der Waals surface area (Å²) in [6.07, 6.45) is 1.78. The predicted octanol–water partition coefficient (Wildman–Crippen LogP) is 5.83. The van der Waals surface area contributed by atoms with Gasteiger partial charge in [-0.25, -0.2) is 4.79 Å². The number of hydrogen-bond acceptors (Lipinski definition) is 5. The minimum absolute atomic E-state index is 0.105. The van der Waals surface area contributed by atoms with E-state index in [1.165, 1.54) is 11.8 Å². The van der Waals surface area contributed by atoms with Crippen molar-refractivity contribution in [3.8, 4) is 0 Å². The van der Waals surface area contributed by atoms with Crippen molar-refractivity contribution in [2.45, 2.75) is 23.3 Å². The molecule has 0 saturated carbocycles. The van der Waals surface area contributed by atoms with Gasteiger partial charge in [0, 0.05) is 16.4 Å². The molecule has 0 atom stereocenters.